The third kappa shape index (κ3) is 3.22. The average molecular weight is 403 g/mol. The van der Waals surface area contributed by atoms with E-state index in [1.807, 2.05) is 36.4 Å². The molecule has 1 aliphatic heterocycles. The Labute approximate surface area is 166 Å². The summed E-state index contributed by atoms with van der Waals surface area (Å²) >= 11 is 12.5. The molecule has 2 aromatic carbocycles. The van der Waals surface area contributed by atoms with E-state index in [0.29, 0.717) is 27.5 Å². The summed E-state index contributed by atoms with van der Waals surface area (Å²) in [5.41, 5.74) is 2.68. The van der Waals surface area contributed by atoms with Gasteiger partial charge in [-0.15, -0.1) is 0 Å². The number of anilines is 1. The number of nitrogens with zero attached hydrogens (tertiary/aromatic N) is 3. The van der Waals surface area contributed by atoms with E-state index in [0.717, 1.165) is 16.8 Å². The van der Waals surface area contributed by atoms with Crippen LogP contribution in [0.3, 0.4) is 0 Å². The summed E-state index contributed by atoms with van der Waals surface area (Å²) in [5, 5.41) is 8.78. The van der Waals surface area contributed by atoms with Crippen molar-refractivity contribution in [1.29, 1.82) is 0 Å². The van der Waals surface area contributed by atoms with Crippen molar-refractivity contribution in [2.24, 2.45) is 0 Å². The fourth-order valence-electron chi connectivity index (χ4n) is 3.07. The molecule has 0 unspecified atom stereocenters. The van der Waals surface area contributed by atoms with Crippen LogP contribution in [0.5, 0.6) is 11.5 Å². The van der Waals surface area contributed by atoms with Gasteiger partial charge in [0.05, 0.1) is 14.2 Å². The lowest BCUT2D eigenvalue weighted by molar-refractivity contribution is 0.355. The summed E-state index contributed by atoms with van der Waals surface area (Å²) < 4.78 is 12.5. The maximum absolute atomic E-state index is 6.45. The van der Waals surface area contributed by atoms with Gasteiger partial charge in [0.1, 0.15) is 12.4 Å². The van der Waals surface area contributed by atoms with Crippen LogP contribution >= 0.6 is 23.2 Å². The van der Waals surface area contributed by atoms with Gasteiger partial charge < -0.3 is 14.8 Å². The summed E-state index contributed by atoms with van der Waals surface area (Å²) in [5.74, 6) is 1.93. The summed E-state index contributed by atoms with van der Waals surface area (Å²) in [6.07, 6.45) is 3.54. The zero-order chi connectivity index (χ0) is 19.0. The van der Waals surface area contributed by atoms with Crippen molar-refractivity contribution in [3.63, 3.8) is 0 Å². The fourth-order valence-corrected chi connectivity index (χ4v) is 3.59. The Morgan fingerprint density at radius 1 is 1.04 bits per heavy atom. The molecule has 0 bridgehead atoms. The lowest BCUT2D eigenvalue weighted by Gasteiger charge is -2.25. The van der Waals surface area contributed by atoms with Crippen LogP contribution in [0, 0.1) is 0 Å². The Kier molecular flexibility index (Phi) is 4.68. The second-order valence-corrected chi connectivity index (χ2v) is 6.76. The van der Waals surface area contributed by atoms with Gasteiger partial charge in [0, 0.05) is 21.3 Å². The molecule has 0 fully saturated rings. The van der Waals surface area contributed by atoms with Crippen LogP contribution in [-0.4, -0.2) is 29.0 Å². The Morgan fingerprint density at radius 2 is 1.85 bits per heavy atom. The molecule has 2 heterocycles. The highest BCUT2D eigenvalue weighted by molar-refractivity contribution is 6.35. The number of methoxy groups -OCH3 is 2. The molecule has 4 rings (SSSR count). The monoisotopic (exact) mass is 402 g/mol. The molecule has 0 spiro atoms. The number of benzene rings is 2. The Bertz CT molecular complexity index is 1030. The lowest BCUT2D eigenvalue weighted by atomic mass is 10.0. The largest absolute Gasteiger partial charge is 0.493 e. The molecule has 1 N–H and O–H groups in total. The number of hydrogen-bond donors (Lipinski definition) is 1. The molecule has 0 saturated carbocycles. The van der Waals surface area contributed by atoms with Crippen molar-refractivity contribution < 1.29 is 9.47 Å². The summed E-state index contributed by atoms with van der Waals surface area (Å²) in [7, 11) is 3.22. The molecule has 0 amide bonds. The minimum atomic E-state index is -0.225. The minimum Gasteiger partial charge on any atom is -0.493 e. The van der Waals surface area contributed by atoms with Crippen molar-refractivity contribution >= 4 is 34.8 Å². The second-order valence-electron chi connectivity index (χ2n) is 5.91. The summed E-state index contributed by atoms with van der Waals surface area (Å²) in [4.78, 5) is 4.31. The normalized spacial score (nSPS) is 15.6. The van der Waals surface area contributed by atoms with Crippen LogP contribution < -0.4 is 14.8 Å². The molecule has 27 heavy (non-hydrogen) atoms. The number of hydrogen-bond acceptors (Lipinski definition) is 5. The van der Waals surface area contributed by atoms with E-state index < -0.39 is 0 Å². The molecule has 1 aromatic heterocycles. The number of rotatable bonds is 4. The van der Waals surface area contributed by atoms with Crippen molar-refractivity contribution in [3.8, 4) is 11.5 Å². The topological polar surface area (TPSA) is 61.2 Å². The highest BCUT2D eigenvalue weighted by Gasteiger charge is 2.25. The van der Waals surface area contributed by atoms with Gasteiger partial charge in [0.25, 0.3) is 0 Å². The Balaban J connectivity index is 1.81. The smallest absolute Gasteiger partial charge is 0.226 e. The molecule has 138 valence electrons. The number of halogens is 2. The van der Waals surface area contributed by atoms with Crippen LogP contribution in [-0.2, 0) is 0 Å². The first kappa shape index (κ1) is 17.7. The average Bonchev–Trinajstić information content (AvgIpc) is 3.15. The lowest BCUT2D eigenvalue weighted by Crippen LogP contribution is -2.20. The molecule has 8 heteroatoms. The quantitative estimate of drug-likeness (QED) is 0.687. The number of aromatic nitrogens is 3. The van der Waals surface area contributed by atoms with Crippen LogP contribution in [0.1, 0.15) is 17.2 Å². The molecule has 1 atom stereocenters. The zero-order valence-electron chi connectivity index (χ0n) is 14.6. The van der Waals surface area contributed by atoms with Crippen molar-refractivity contribution in [3.05, 3.63) is 70.0 Å². The van der Waals surface area contributed by atoms with Gasteiger partial charge in [-0.2, -0.15) is 10.1 Å². The summed E-state index contributed by atoms with van der Waals surface area (Å²) in [6.45, 7) is 0. The van der Waals surface area contributed by atoms with E-state index in [4.69, 9.17) is 32.7 Å². The fraction of sp³-hybridized carbons (Fsp3) is 0.158. The van der Waals surface area contributed by atoms with Crippen molar-refractivity contribution in [1.82, 2.24) is 14.8 Å². The van der Waals surface area contributed by atoms with E-state index in [-0.39, 0.29) is 6.04 Å². The first-order valence-electron chi connectivity index (χ1n) is 8.16. The van der Waals surface area contributed by atoms with Gasteiger partial charge in [-0.3, -0.25) is 0 Å². The number of ether oxygens (including phenoxy) is 2. The maximum Gasteiger partial charge on any atom is 0.226 e. The van der Waals surface area contributed by atoms with Gasteiger partial charge in [-0.1, -0.05) is 29.3 Å². The van der Waals surface area contributed by atoms with Gasteiger partial charge in [0.2, 0.25) is 5.95 Å². The molecule has 3 aromatic rings. The van der Waals surface area contributed by atoms with E-state index in [1.165, 1.54) is 6.33 Å². The molecule has 0 saturated heterocycles. The van der Waals surface area contributed by atoms with Crippen LogP contribution in [0.25, 0.3) is 5.70 Å². The molecular formula is C19H16Cl2N4O2. The van der Waals surface area contributed by atoms with Gasteiger partial charge in [-0.25, -0.2) is 4.68 Å². The van der Waals surface area contributed by atoms with Crippen molar-refractivity contribution in [2.45, 2.75) is 6.04 Å². The highest BCUT2D eigenvalue weighted by atomic mass is 35.5. The van der Waals surface area contributed by atoms with Gasteiger partial charge in [0.15, 0.2) is 11.5 Å². The van der Waals surface area contributed by atoms with Crippen molar-refractivity contribution in [2.75, 3.05) is 19.5 Å². The molecule has 6 nitrogen and oxygen atoms in total. The first-order chi connectivity index (χ1) is 13.1. The zero-order valence-corrected chi connectivity index (χ0v) is 16.1. The molecule has 1 aliphatic rings. The van der Waals surface area contributed by atoms with E-state index in [1.54, 1.807) is 25.0 Å². The first-order valence-corrected chi connectivity index (χ1v) is 8.92. The molecule has 0 radical (unpaired) electrons. The maximum atomic E-state index is 6.45. The van der Waals surface area contributed by atoms with Crippen LogP contribution in [0.15, 0.2) is 48.8 Å². The third-order valence-electron chi connectivity index (χ3n) is 4.38. The second kappa shape index (κ2) is 7.13. The van der Waals surface area contributed by atoms with Crippen LogP contribution in [0.2, 0.25) is 10.0 Å². The van der Waals surface area contributed by atoms with E-state index in [2.05, 4.69) is 15.4 Å². The third-order valence-corrected chi connectivity index (χ3v) is 4.95. The summed E-state index contributed by atoms with van der Waals surface area (Å²) in [6, 6.07) is 10.9. The predicted molar refractivity (Wildman–Crippen MR) is 106 cm³/mol. The van der Waals surface area contributed by atoms with Gasteiger partial charge >= 0.3 is 0 Å². The molecule has 0 aliphatic carbocycles. The Hall–Kier alpha value is -2.70. The highest BCUT2D eigenvalue weighted by Crippen LogP contribution is 2.37. The standard InChI is InChI=1S/C19H16Cl2N4O2/c1-26-17-6-3-11(7-18(17)27-2)15-9-16(25-19(24-15)22-10-23-25)13-5-4-12(20)8-14(13)21/h3-10,16H,1-2H3,(H,22,23,24)/t16-/m0/s1. The van der Waals surface area contributed by atoms with E-state index >= 15 is 0 Å². The number of nitrogens with one attached hydrogen (secondary N) is 1. The predicted octanol–water partition coefficient (Wildman–Crippen LogP) is 4.66. The SMILES string of the molecule is COc1ccc(C2=C[C@@H](c3ccc(Cl)cc3Cl)n3ncnc3N2)cc1OC. The van der Waals surface area contributed by atoms with E-state index in [9.17, 15) is 0 Å². The Morgan fingerprint density at radius 3 is 2.59 bits per heavy atom. The van der Waals surface area contributed by atoms with Gasteiger partial charge in [-0.05, 0) is 42.0 Å². The molecular weight excluding hydrogens is 387 g/mol. The number of allylic oxidation sites excluding steroid dienone is 1. The number of fused-ring (bicyclic) bond motifs is 1. The van der Waals surface area contributed by atoms with Crippen LogP contribution in [0.4, 0.5) is 5.95 Å². The minimum absolute atomic E-state index is 0.225.